The Labute approximate surface area is 173 Å². The number of nitrogens with zero attached hydrogens (tertiary/aromatic N) is 4. The van der Waals surface area contributed by atoms with Gasteiger partial charge in [-0.15, -0.1) is 0 Å². The molecule has 2 heterocycles. The monoisotopic (exact) mass is 392 g/mol. The Hall–Kier alpha value is -2.89. The van der Waals surface area contributed by atoms with E-state index in [9.17, 15) is 0 Å². The Morgan fingerprint density at radius 2 is 1.86 bits per heavy atom. The van der Waals surface area contributed by atoms with Crippen LogP contribution in [0.15, 0.2) is 36.4 Å². The minimum absolute atomic E-state index is 0.0686. The summed E-state index contributed by atoms with van der Waals surface area (Å²) >= 11 is 0. The van der Waals surface area contributed by atoms with Crippen molar-refractivity contribution in [2.75, 3.05) is 23.8 Å². The fraction of sp³-hybridized carbons (Fsp3) is 0.435. The van der Waals surface area contributed by atoms with Gasteiger partial charge in [-0.3, -0.25) is 5.10 Å². The molecule has 0 bridgehead atoms. The summed E-state index contributed by atoms with van der Waals surface area (Å²) in [5.41, 5.74) is 3.35. The molecule has 29 heavy (non-hydrogen) atoms. The van der Waals surface area contributed by atoms with Crippen LogP contribution in [0.3, 0.4) is 0 Å². The Morgan fingerprint density at radius 3 is 2.52 bits per heavy atom. The maximum absolute atomic E-state index is 4.87. The SMILES string of the molecule is CCCCN(C)c1cc(Nc2cc(C)[nH]n2)nc(-c2cccc(C(C)(C)C)c2)n1. The second-order valence-corrected chi connectivity index (χ2v) is 8.60. The maximum Gasteiger partial charge on any atom is 0.163 e. The normalized spacial score (nSPS) is 11.5. The minimum Gasteiger partial charge on any atom is -0.359 e. The summed E-state index contributed by atoms with van der Waals surface area (Å²) in [6, 6.07) is 12.4. The third kappa shape index (κ3) is 5.34. The van der Waals surface area contributed by atoms with Crippen LogP contribution < -0.4 is 10.2 Å². The molecule has 2 N–H and O–H groups in total. The first-order valence-electron chi connectivity index (χ1n) is 10.3. The Kier molecular flexibility index (Phi) is 6.20. The second kappa shape index (κ2) is 8.64. The highest BCUT2D eigenvalue weighted by molar-refractivity contribution is 5.65. The highest BCUT2D eigenvalue weighted by Gasteiger charge is 2.16. The van der Waals surface area contributed by atoms with Crippen molar-refractivity contribution in [3.05, 3.63) is 47.7 Å². The van der Waals surface area contributed by atoms with Crippen molar-refractivity contribution in [1.29, 1.82) is 0 Å². The van der Waals surface area contributed by atoms with Crippen LogP contribution >= 0.6 is 0 Å². The lowest BCUT2D eigenvalue weighted by Gasteiger charge is -2.21. The molecule has 3 rings (SSSR count). The predicted molar refractivity (Wildman–Crippen MR) is 121 cm³/mol. The molecule has 0 saturated heterocycles. The smallest absolute Gasteiger partial charge is 0.163 e. The van der Waals surface area contributed by atoms with E-state index >= 15 is 0 Å². The van der Waals surface area contributed by atoms with Gasteiger partial charge in [0.15, 0.2) is 11.6 Å². The summed E-state index contributed by atoms with van der Waals surface area (Å²) in [6.45, 7) is 11.8. The van der Waals surface area contributed by atoms with E-state index in [-0.39, 0.29) is 5.41 Å². The lowest BCUT2D eigenvalue weighted by molar-refractivity contribution is 0.590. The van der Waals surface area contributed by atoms with Gasteiger partial charge in [0, 0.05) is 37.0 Å². The van der Waals surface area contributed by atoms with E-state index in [2.05, 4.69) is 79.4 Å². The van der Waals surface area contributed by atoms with Crippen LogP contribution in [0.4, 0.5) is 17.5 Å². The molecular formula is C23H32N6. The summed E-state index contributed by atoms with van der Waals surface area (Å²) < 4.78 is 0. The molecule has 0 aliphatic heterocycles. The number of aromatic nitrogens is 4. The van der Waals surface area contributed by atoms with Crippen LogP contribution in [0.5, 0.6) is 0 Å². The molecular weight excluding hydrogens is 360 g/mol. The summed E-state index contributed by atoms with van der Waals surface area (Å²) in [6.07, 6.45) is 2.27. The number of hydrogen-bond donors (Lipinski definition) is 2. The molecule has 0 radical (unpaired) electrons. The van der Waals surface area contributed by atoms with Crippen molar-refractivity contribution in [1.82, 2.24) is 20.2 Å². The van der Waals surface area contributed by atoms with Crippen LogP contribution in [0, 0.1) is 6.92 Å². The van der Waals surface area contributed by atoms with Gasteiger partial charge >= 0.3 is 0 Å². The van der Waals surface area contributed by atoms with E-state index in [1.54, 1.807) is 0 Å². The van der Waals surface area contributed by atoms with Gasteiger partial charge < -0.3 is 10.2 Å². The molecule has 0 saturated carbocycles. The average Bonchev–Trinajstić information content (AvgIpc) is 3.09. The topological polar surface area (TPSA) is 69.7 Å². The predicted octanol–water partition coefficient (Wildman–Crippen LogP) is 5.45. The van der Waals surface area contributed by atoms with Crippen molar-refractivity contribution in [3.8, 4) is 11.4 Å². The summed E-state index contributed by atoms with van der Waals surface area (Å²) in [5.74, 6) is 3.10. The van der Waals surface area contributed by atoms with Crippen LogP contribution in [-0.2, 0) is 5.41 Å². The highest BCUT2D eigenvalue weighted by atomic mass is 15.2. The number of benzene rings is 1. The van der Waals surface area contributed by atoms with Gasteiger partial charge in [0.05, 0.1) is 0 Å². The molecule has 0 aliphatic carbocycles. The lowest BCUT2D eigenvalue weighted by atomic mass is 9.86. The summed E-state index contributed by atoms with van der Waals surface area (Å²) in [7, 11) is 2.08. The van der Waals surface area contributed by atoms with Gasteiger partial charge in [-0.1, -0.05) is 52.3 Å². The van der Waals surface area contributed by atoms with E-state index in [1.165, 1.54) is 5.56 Å². The first-order chi connectivity index (χ1) is 13.8. The van der Waals surface area contributed by atoms with Gasteiger partial charge in [-0.2, -0.15) is 5.10 Å². The van der Waals surface area contributed by atoms with Crippen molar-refractivity contribution in [2.24, 2.45) is 0 Å². The molecule has 6 nitrogen and oxygen atoms in total. The summed E-state index contributed by atoms with van der Waals surface area (Å²) in [5, 5.41) is 10.5. The van der Waals surface area contributed by atoms with Crippen molar-refractivity contribution >= 4 is 17.5 Å². The van der Waals surface area contributed by atoms with Crippen LogP contribution in [-0.4, -0.2) is 33.8 Å². The highest BCUT2D eigenvalue weighted by Crippen LogP contribution is 2.28. The zero-order chi connectivity index (χ0) is 21.0. The number of anilines is 3. The molecule has 0 fully saturated rings. The molecule has 154 valence electrons. The molecule has 6 heteroatoms. The number of hydrogen-bond acceptors (Lipinski definition) is 5. The summed E-state index contributed by atoms with van der Waals surface area (Å²) in [4.78, 5) is 11.8. The number of nitrogens with one attached hydrogen (secondary N) is 2. The largest absolute Gasteiger partial charge is 0.359 e. The molecule has 0 atom stereocenters. The van der Waals surface area contributed by atoms with Gasteiger partial charge in [-0.25, -0.2) is 9.97 Å². The van der Waals surface area contributed by atoms with E-state index in [1.807, 2.05) is 19.1 Å². The Morgan fingerprint density at radius 1 is 1.07 bits per heavy atom. The van der Waals surface area contributed by atoms with E-state index in [4.69, 9.17) is 9.97 Å². The average molecular weight is 393 g/mol. The van der Waals surface area contributed by atoms with Gasteiger partial charge in [0.25, 0.3) is 0 Å². The van der Waals surface area contributed by atoms with Crippen LogP contribution in [0.2, 0.25) is 0 Å². The first-order valence-corrected chi connectivity index (χ1v) is 10.3. The van der Waals surface area contributed by atoms with Crippen molar-refractivity contribution in [2.45, 2.75) is 52.9 Å². The number of H-pyrrole nitrogens is 1. The lowest BCUT2D eigenvalue weighted by Crippen LogP contribution is -2.20. The number of aryl methyl sites for hydroxylation is 1. The molecule has 0 spiro atoms. The van der Waals surface area contributed by atoms with Crippen LogP contribution in [0.1, 0.15) is 51.8 Å². The fourth-order valence-corrected chi connectivity index (χ4v) is 3.07. The number of rotatable bonds is 7. The van der Waals surface area contributed by atoms with Crippen molar-refractivity contribution in [3.63, 3.8) is 0 Å². The quantitative estimate of drug-likeness (QED) is 0.559. The van der Waals surface area contributed by atoms with E-state index < -0.39 is 0 Å². The van der Waals surface area contributed by atoms with Gasteiger partial charge in [0.1, 0.15) is 11.6 Å². The van der Waals surface area contributed by atoms with Gasteiger partial charge in [0.2, 0.25) is 0 Å². The van der Waals surface area contributed by atoms with Crippen LogP contribution in [0.25, 0.3) is 11.4 Å². The second-order valence-electron chi connectivity index (χ2n) is 8.60. The third-order valence-electron chi connectivity index (χ3n) is 4.90. The molecule has 2 aromatic heterocycles. The fourth-order valence-electron chi connectivity index (χ4n) is 3.07. The van der Waals surface area contributed by atoms with Gasteiger partial charge in [-0.05, 0) is 30.4 Å². The minimum atomic E-state index is 0.0686. The zero-order valence-corrected chi connectivity index (χ0v) is 18.4. The molecule has 0 unspecified atom stereocenters. The Bertz CT molecular complexity index is 954. The van der Waals surface area contributed by atoms with E-state index in [0.717, 1.165) is 48.1 Å². The Balaban J connectivity index is 2.02. The third-order valence-corrected chi connectivity index (χ3v) is 4.90. The molecule has 3 aromatic rings. The molecule has 0 amide bonds. The van der Waals surface area contributed by atoms with E-state index in [0.29, 0.717) is 5.82 Å². The molecule has 0 aliphatic rings. The standard InChI is InChI=1S/C23H32N6/c1-7-8-12-29(6)21-15-19(24-20-13-16(2)27-28-20)25-22(26-21)17-10-9-11-18(14-17)23(3,4)5/h9-11,13-15H,7-8,12H2,1-6H3,(H2,24,25,26,27,28). The molecule has 1 aromatic carbocycles. The number of aromatic amines is 1. The first kappa shape index (κ1) is 20.8. The maximum atomic E-state index is 4.87. The van der Waals surface area contributed by atoms with Crippen molar-refractivity contribution < 1.29 is 0 Å². The number of unbranched alkanes of at least 4 members (excludes halogenated alkanes) is 1. The zero-order valence-electron chi connectivity index (χ0n) is 18.4.